The molecule has 0 atom stereocenters. The van der Waals surface area contributed by atoms with E-state index in [4.69, 9.17) is 16.8 Å². The maximum atomic E-state index is 14.0. The highest BCUT2D eigenvalue weighted by Crippen LogP contribution is 2.54. The number of aryl methyl sites for hydroxylation is 1. The van der Waals surface area contributed by atoms with Crippen molar-refractivity contribution in [3.63, 3.8) is 0 Å². The maximum Gasteiger partial charge on any atom is 0.573 e. The van der Waals surface area contributed by atoms with Crippen LogP contribution in [0, 0.1) is 6.92 Å². The molecule has 0 aliphatic carbocycles. The average molecular weight is 422 g/mol. The summed E-state index contributed by atoms with van der Waals surface area (Å²) in [6, 6.07) is -0.503. The van der Waals surface area contributed by atoms with Crippen molar-refractivity contribution < 1.29 is 53.8 Å². The van der Waals surface area contributed by atoms with Crippen molar-refractivity contribution in [2.24, 2.45) is 5.16 Å². The number of rotatable bonds is 3. The Labute approximate surface area is 142 Å². The van der Waals surface area contributed by atoms with Crippen LogP contribution in [0.5, 0.6) is 5.75 Å². The lowest BCUT2D eigenvalue weighted by atomic mass is 9.91. The second-order valence-corrected chi connectivity index (χ2v) is 5.12. The van der Waals surface area contributed by atoms with Crippen LogP contribution in [0.25, 0.3) is 0 Å². The minimum atomic E-state index is -6.55. The Morgan fingerprint density at radius 3 is 1.77 bits per heavy atom. The van der Waals surface area contributed by atoms with Gasteiger partial charge < -0.3 is 9.94 Å². The molecule has 0 aliphatic heterocycles. The highest BCUT2D eigenvalue weighted by Gasteiger charge is 2.73. The molecule has 1 aromatic carbocycles. The van der Waals surface area contributed by atoms with E-state index >= 15 is 0 Å². The number of hydrogen-bond donors (Lipinski definition) is 1. The van der Waals surface area contributed by atoms with Gasteiger partial charge in [0.2, 0.25) is 0 Å². The van der Waals surface area contributed by atoms with E-state index < -0.39 is 58.1 Å². The first-order chi connectivity index (χ1) is 11.5. The summed E-state index contributed by atoms with van der Waals surface area (Å²) in [5.41, 5.74) is -10.0. The van der Waals surface area contributed by atoms with Gasteiger partial charge in [-0.3, -0.25) is 0 Å². The molecule has 1 aromatic rings. The molecule has 0 saturated carbocycles. The van der Waals surface area contributed by atoms with E-state index in [0.29, 0.717) is 6.92 Å². The van der Waals surface area contributed by atoms with E-state index in [1.165, 1.54) is 0 Å². The molecule has 0 amide bonds. The Morgan fingerprint density at radius 1 is 0.962 bits per heavy atom. The first-order valence-corrected chi connectivity index (χ1v) is 6.44. The van der Waals surface area contributed by atoms with Gasteiger partial charge >= 0.3 is 24.4 Å². The number of nitrogens with zero attached hydrogens (tertiary/aromatic N) is 1. The van der Waals surface area contributed by atoms with Crippen LogP contribution in [0.4, 0.5) is 43.9 Å². The highest BCUT2D eigenvalue weighted by molar-refractivity contribution is 6.70. The minimum absolute atomic E-state index is 0.0346. The first-order valence-electron chi connectivity index (χ1n) is 6.07. The Morgan fingerprint density at radius 2 is 1.42 bits per heavy atom. The van der Waals surface area contributed by atoms with Crippen molar-refractivity contribution in [2.75, 3.05) is 0 Å². The van der Waals surface area contributed by atoms with E-state index in [2.05, 4.69) is 9.89 Å². The number of hydrogen-bond acceptors (Lipinski definition) is 3. The number of benzene rings is 1. The van der Waals surface area contributed by atoms with Crippen molar-refractivity contribution >= 4 is 16.8 Å². The summed E-state index contributed by atoms with van der Waals surface area (Å²) in [5, 5.41) is 9.66. The second-order valence-electron chi connectivity index (χ2n) is 4.76. The van der Waals surface area contributed by atoms with Crippen molar-refractivity contribution in [1.29, 1.82) is 0 Å². The number of oxime groups is 1. The zero-order chi connectivity index (χ0) is 20.7. The van der Waals surface area contributed by atoms with Gasteiger partial charge in [0.25, 0.3) is 0 Å². The summed E-state index contributed by atoms with van der Waals surface area (Å²) in [7, 11) is 0. The predicted octanol–water partition coefficient (Wildman–Crippen LogP) is 5.56. The van der Waals surface area contributed by atoms with Crippen molar-refractivity contribution in [2.45, 2.75) is 31.3 Å². The van der Waals surface area contributed by atoms with Crippen LogP contribution < -0.4 is 4.74 Å². The largest absolute Gasteiger partial charge is 0.573 e. The van der Waals surface area contributed by atoms with E-state index in [-0.39, 0.29) is 6.07 Å². The molecule has 0 fully saturated rings. The fourth-order valence-electron chi connectivity index (χ4n) is 1.96. The van der Waals surface area contributed by atoms with Gasteiger partial charge in [-0.25, -0.2) is 4.39 Å². The molecule has 0 aromatic heterocycles. The van der Waals surface area contributed by atoms with Gasteiger partial charge in [-0.1, -0.05) is 22.8 Å². The zero-order valence-electron chi connectivity index (χ0n) is 12.1. The molecule has 0 saturated heterocycles. The lowest BCUT2D eigenvalue weighted by molar-refractivity contribution is -0.348. The van der Waals surface area contributed by atoms with Gasteiger partial charge in [-0.2, -0.15) is 26.3 Å². The summed E-state index contributed by atoms with van der Waals surface area (Å²) < 4.78 is 131. The molecule has 3 nitrogen and oxygen atoms in total. The molecule has 14 heteroatoms. The SMILES string of the molecule is Cc1cc(C(F)(C(F)(F)F)C(F)(F)F)cc(OC(F)(F)F)c1C(Cl)=NO. The van der Waals surface area contributed by atoms with Crippen molar-refractivity contribution in [3.05, 3.63) is 28.8 Å². The fourth-order valence-corrected chi connectivity index (χ4v) is 2.20. The molecule has 0 aliphatic rings. The number of halogens is 11. The molecule has 0 bridgehead atoms. The molecule has 0 unspecified atom stereocenters. The highest BCUT2D eigenvalue weighted by atomic mass is 35.5. The lowest BCUT2D eigenvalue weighted by Crippen LogP contribution is -2.50. The summed E-state index contributed by atoms with van der Waals surface area (Å²) in [6.45, 7) is 0.711. The maximum absolute atomic E-state index is 14.0. The Kier molecular flexibility index (Phi) is 5.67. The van der Waals surface area contributed by atoms with Gasteiger partial charge in [-0.15, -0.1) is 13.2 Å². The third-order valence-electron chi connectivity index (χ3n) is 3.00. The zero-order valence-corrected chi connectivity index (χ0v) is 12.9. The second kappa shape index (κ2) is 6.67. The predicted molar refractivity (Wildman–Crippen MR) is 66.9 cm³/mol. The normalized spacial score (nSPS) is 14.5. The van der Waals surface area contributed by atoms with E-state index in [1.807, 2.05) is 0 Å². The van der Waals surface area contributed by atoms with Crippen LogP contribution in [-0.4, -0.2) is 29.1 Å². The van der Waals surface area contributed by atoms with Crippen molar-refractivity contribution in [1.82, 2.24) is 0 Å². The lowest BCUT2D eigenvalue weighted by Gasteiger charge is -2.31. The molecule has 0 heterocycles. The minimum Gasteiger partial charge on any atom is -0.410 e. The van der Waals surface area contributed by atoms with Crippen LogP contribution in [0.3, 0.4) is 0 Å². The van der Waals surface area contributed by atoms with Gasteiger partial charge in [0, 0.05) is 5.56 Å². The Balaban J connectivity index is 3.85. The van der Waals surface area contributed by atoms with Gasteiger partial charge in [-0.05, 0) is 18.6 Å². The molecule has 0 spiro atoms. The van der Waals surface area contributed by atoms with Crippen LogP contribution in [0.1, 0.15) is 16.7 Å². The van der Waals surface area contributed by atoms with E-state index in [9.17, 15) is 43.9 Å². The monoisotopic (exact) mass is 421 g/mol. The summed E-state index contributed by atoms with van der Waals surface area (Å²) in [4.78, 5) is 0. The molecular formula is C12H6ClF10NO2. The fraction of sp³-hybridized carbons (Fsp3) is 0.417. The topological polar surface area (TPSA) is 41.8 Å². The molecule has 1 N–H and O–H groups in total. The Bertz CT molecular complexity index is 694. The quantitative estimate of drug-likeness (QED) is 0.301. The standard InChI is InChI=1S/C12H6ClF10NO2/c1-4-2-5(9(14,10(15,16)17)11(18,19)20)3-6(26-12(21,22)23)7(4)8(13)24-25/h2-3,25H,1H3. The first kappa shape index (κ1) is 22.1. The van der Waals surface area contributed by atoms with Crippen LogP contribution in [0.2, 0.25) is 0 Å². The summed E-state index contributed by atoms with van der Waals surface area (Å²) in [5.74, 6) is -1.72. The third-order valence-corrected chi connectivity index (χ3v) is 3.26. The van der Waals surface area contributed by atoms with E-state index in [0.717, 1.165) is 0 Å². The van der Waals surface area contributed by atoms with Gasteiger partial charge in [0.1, 0.15) is 5.75 Å². The van der Waals surface area contributed by atoms with Crippen LogP contribution in [-0.2, 0) is 5.67 Å². The van der Waals surface area contributed by atoms with Crippen molar-refractivity contribution in [3.8, 4) is 5.75 Å². The molecule has 148 valence electrons. The van der Waals surface area contributed by atoms with E-state index in [1.54, 1.807) is 0 Å². The molecular weight excluding hydrogens is 416 g/mol. The average Bonchev–Trinajstić information content (AvgIpc) is 2.40. The summed E-state index contributed by atoms with van der Waals surface area (Å²) >= 11 is 5.29. The third kappa shape index (κ3) is 4.07. The van der Waals surface area contributed by atoms with Crippen LogP contribution >= 0.6 is 11.6 Å². The van der Waals surface area contributed by atoms with Crippen LogP contribution in [0.15, 0.2) is 17.3 Å². The molecule has 0 radical (unpaired) electrons. The summed E-state index contributed by atoms with van der Waals surface area (Å²) in [6.07, 6.45) is -18.7. The molecule has 26 heavy (non-hydrogen) atoms. The number of alkyl halides is 10. The Hall–Kier alpha value is -1.92. The van der Waals surface area contributed by atoms with Gasteiger partial charge in [0.15, 0.2) is 5.17 Å². The molecule has 1 rings (SSSR count). The smallest absolute Gasteiger partial charge is 0.410 e. The van der Waals surface area contributed by atoms with Gasteiger partial charge in [0.05, 0.1) is 5.56 Å². The number of ether oxygens (including phenoxy) is 1.